The third-order valence-electron chi connectivity index (χ3n) is 4.37. The second-order valence-corrected chi connectivity index (χ2v) is 6.55. The van der Waals surface area contributed by atoms with Crippen LogP contribution in [0, 0.1) is 0 Å². The van der Waals surface area contributed by atoms with E-state index >= 15 is 0 Å². The average molecular weight is 327 g/mol. The summed E-state index contributed by atoms with van der Waals surface area (Å²) in [5, 5.41) is 9.13. The summed E-state index contributed by atoms with van der Waals surface area (Å²) in [7, 11) is 0. The fraction of sp³-hybridized carbons (Fsp3) is 0.375. The van der Waals surface area contributed by atoms with Crippen molar-refractivity contribution in [3.05, 3.63) is 45.1 Å². The summed E-state index contributed by atoms with van der Waals surface area (Å²) in [6.07, 6.45) is 0.981. The summed E-state index contributed by atoms with van der Waals surface area (Å²) in [5.74, 6) is 0.891. The molecule has 0 aliphatic carbocycles. The van der Waals surface area contributed by atoms with Crippen molar-refractivity contribution < 1.29 is 0 Å². The van der Waals surface area contributed by atoms with Crippen LogP contribution in [0.4, 0.5) is 5.82 Å². The molecule has 0 N–H and O–H groups in total. The molecular weight excluding hydrogens is 310 g/mol. The molecule has 1 fully saturated rings. The molecule has 0 radical (unpaired) electrons. The highest BCUT2D eigenvalue weighted by Gasteiger charge is 2.29. The van der Waals surface area contributed by atoms with Gasteiger partial charge in [-0.25, -0.2) is 4.98 Å². The summed E-state index contributed by atoms with van der Waals surface area (Å²) in [6.45, 7) is 4.24. The smallest absolute Gasteiger partial charge is 0.293 e. The van der Waals surface area contributed by atoms with Crippen molar-refractivity contribution in [2.24, 2.45) is 0 Å². The van der Waals surface area contributed by atoms with Gasteiger partial charge in [0, 0.05) is 25.6 Å². The Balaban J connectivity index is 1.75. The van der Waals surface area contributed by atoms with Crippen LogP contribution in [-0.4, -0.2) is 32.8 Å². The van der Waals surface area contributed by atoms with Gasteiger partial charge in [0.25, 0.3) is 5.56 Å². The highest BCUT2D eigenvalue weighted by molar-refractivity contribution is 7.09. The van der Waals surface area contributed by atoms with Crippen LogP contribution < -0.4 is 10.5 Å². The minimum Gasteiger partial charge on any atom is -0.351 e. The second kappa shape index (κ2) is 5.73. The van der Waals surface area contributed by atoms with Crippen LogP contribution >= 0.6 is 11.3 Å². The lowest BCUT2D eigenvalue weighted by Crippen LogP contribution is -2.32. The number of aryl methyl sites for hydroxylation is 1. The van der Waals surface area contributed by atoms with Crippen molar-refractivity contribution in [2.45, 2.75) is 25.8 Å². The summed E-state index contributed by atoms with van der Waals surface area (Å²) in [6, 6.07) is 7.81. The van der Waals surface area contributed by atoms with Crippen molar-refractivity contribution in [1.29, 1.82) is 0 Å². The van der Waals surface area contributed by atoms with Crippen LogP contribution in [0.1, 0.15) is 24.3 Å². The van der Waals surface area contributed by atoms with Gasteiger partial charge >= 0.3 is 0 Å². The largest absolute Gasteiger partial charge is 0.351 e. The number of fused-ring (bicyclic) bond motifs is 1. The molecule has 1 saturated heterocycles. The third kappa shape index (κ3) is 2.41. The second-order valence-electron chi connectivity index (χ2n) is 5.68. The van der Waals surface area contributed by atoms with Crippen molar-refractivity contribution in [1.82, 2.24) is 19.7 Å². The SMILES string of the molecule is CCn1c(=O)c(N2CC[C@H](c3nncs3)C2)nc2ccccc21. The molecule has 118 valence electrons. The maximum Gasteiger partial charge on any atom is 0.293 e. The Kier molecular flexibility index (Phi) is 3.57. The number of para-hydroxylation sites is 2. The molecule has 4 rings (SSSR count). The van der Waals surface area contributed by atoms with E-state index in [-0.39, 0.29) is 5.56 Å². The minimum atomic E-state index is -0.0101. The van der Waals surface area contributed by atoms with Crippen LogP contribution in [0.25, 0.3) is 11.0 Å². The maximum atomic E-state index is 12.8. The van der Waals surface area contributed by atoms with Crippen LogP contribution in [0.3, 0.4) is 0 Å². The molecule has 0 saturated carbocycles. The lowest BCUT2D eigenvalue weighted by atomic mass is 10.1. The van der Waals surface area contributed by atoms with E-state index in [9.17, 15) is 4.79 Å². The molecule has 0 bridgehead atoms. The zero-order valence-electron chi connectivity index (χ0n) is 12.8. The Bertz CT molecular complexity index is 889. The van der Waals surface area contributed by atoms with Gasteiger partial charge < -0.3 is 9.47 Å². The zero-order valence-corrected chi connectivity index (χ0v) is 13.7. The molecule has 1 aromatic carbocycles. The van der Waals surface area contributed by atoms with Crippen molar-refractivity contribution >= 4 is 28.2 Å². The normalized spacial score (nSPS) is 18.0. The predicted molar refractivity (Wildman–Crippen MR) is 91.2 cm³/mol. The quantitative estimate of drug-likeness (QED) is 0.738. The van der Waals surface area contributed by atoms with Crippen LogP contribution in [0.2, 0.25) is 0 Å². The summed E-state index contributed by atoms with van der Waals surface area (Å²) in [5.41, 5.74) is 3.51. The number of benzene rings is 1. The molecule has 0 spiro atoms. The Labute approximate surface area is 137 Å². The summed E-state index contributed by atoms with van der Waals surface area (Å²) < 4.78 is 1.80. The molecule has 1 aliphatic heterocycles. The van der Waals surface area contributed by atoms with E-state index in [1.54, 1.807) is 21.4 Å². The van der Waals surface area contributed by atoms with E-state index in [1.807, 2.05) is 31.2 Å². The highest BCUT2D eigenvalue weighted by Crippen LogP contribution is 2.29. The summed E-state index contributed by atoms with van der Waals surface area (Å²) >= 11 is 1.58. The molecule has 3 heterocycles. The lowest BCUT2D eigenvalue weighted by molar-refractivity contribution is 0.736. The Morgan fingerprint density at radius 2 is 2.22 bits per heavy atom. The van der Waals surface area contributed by atoms with E-state index in [4.69, 9.17) is 0 Å². The first-order chi connectivity index (χ1) is 11.3. The number of anilines is 1. The van der Waals surface area contributed by atoms with Gasteiger partial charge in [-0.1, -0.05) is 12.1 Å². The first-order valence-corrected chi connectivity index (χ1v) is 8.66. The highest BCUT2D eigenvalue weighted by atomic mass is 32.1. The van der Waals surface area contributed by atoms with Gasteiger partial charge in [0.2, 0.25) is 0 Å². The lowest BCUT2D eigenvalue weighted by Gasteiger charge is -2.19. The van der Waals surface area contributed by atoms with E-state index in [0.29, 0.717) is 18.3 Å². The predicted octanol–water partition coefficient (Wildman–Crippen LogP) is 2.26. The molecule has 6 nitrogen and oxygen atoms in total. The van der Waals surface area contributed by atoms with Gasteiger partial charge in [-0.15, -0.1) is 21.5 Å². The van der Waals surface area contributed by atoms with E-state index < -0.39 is 0 Å². The fourth-order valence-electron chi connectivity index (χ4n) is 3.21. The summed E-state index contributed by atoms with van der Waals surface area (Å²) in [4.78, 5) is 19.6. The minimum absolute atomic E-state index is 0.0101. The number of hydrogen-bond acceptors (Lipinski definition) is 6. The molecule has 7 heteroatoms. The monoisotopic (exact) mass is 327 g/mol. The Morgan fingerprint density at radius 3 is 3.00 bits per heavy atom. The van der Waals surface area contributed by atoms with Gasteiger partial charge in [-0.2, -0.15) is 0 Å². The molecular formula is C16H17N5OS. The van der Waals surface area contributed by atoms with Crippen molar-refractivity contribution in [3.8, 4) is 0 Å². The molecule has 3 aromatic rings. The Hall–Kier alpha value is -2.28. The van der Waals surface area contributed by atoms with Crippen molar-refractivity contribution in [3.63, 3.8) is 0 Å². The van der Waals surface area contributed by atoms with Gasteiger partial charge in [0.15, 0.2) is 5.82 Å². The maximum absolute atomic E-state index is 12.8. The molecule has 1 aliphatic rings. The first kappa shape index (κ1) is 14.3. The number of hydrogen-bond donors (Lipinski definition) is 0. The number of nitrogens with zero attached hydrogens (tertiary/aromatic N) is 5. The fourth-order valence-corrected chi connectivity index (χ4v) is 3.89. The standard InChI is InChI=1S/C16H17N5OS/c1-2-21-13-6-4-3-5-12(13)18-14(16(21)22)20-8-7-11(9-20)15-19-17-10-23-15/h3-6,10-11H,2,7-9H2,1H3/t11-/m0/s1. The molecule has 1 atom stereocenters. The van der Waals surface area contributed by atoms with Crippen LogP contribution in [-0.2, 0) is 6.54 Å². The first-order valence-electron chi connectivity index (χ1n) is 7.78. The van der Waals surface area contributed by atoms with Crippen LogP contribution in [0.5, 0.6) is 0 Å². The van der Waals surface area contributed by atoms with Crippen molar-refractivity contribution in [2.75, 3.05) is 18.0 Å². The Morgan fingerprint density at radius 1 is 1.35 bits per heavy atom. The van der Waals surface area contributed by atoms with Gasteiger partial charge in [-0.05, 0) is 25.5 Å². The van der Waals surface area contributed by atoms with E-state index in [1.165, 1.54) is 0 Å². The van der Waals surface area contributed by atoms with Gasteiger partial charge in [0.05, 0.1) is 11.0 Å². The number of rotatable bonds is 3. The van der Waals surface area contributed by atoms with Crippen LogP contribution in [0.15, 0.2) is 34.6 Å². The molecule has 0 amide bonds. The third-order valence-corrected chi connectivity index (χ3v) is 5.22. The van der Waals surface area contributed by atoms with E-state index in [0.717, 1.165) is 35.6 Å². The van der Waals surface area contributed by atoms with Gasteiger partial charge in [-0.3, -0.25) is 4.79 Å². The molecule has 2 aromatic heterocycles. The zero-order chi connectivity index (χ0) is 15.8. The average Bonchev–Trinajstić information content (AvgIpc) is 3.25. The number of aromatic nitrogens is 4. The molecule has 23 heavy (non-hydrogen) atoms. The topological polar surface area (TPSA) is 63.9 Å². The van der Waals surface area contributed by atoms with E-state index in [2.05, 4.69) is 20.1 Å². The molecule has 0 unspecified atom stereocenters. The van der Waals surface area contributed by atoms with Gasteiger partial charge in [0.1, 0.15) is 10.5 Å².